The van der Waals surface area contributed by atoms with Crippen LogP contribution >= 0.6 is 0 Å². The van der Waals surface area contributed by atoms with E-state index in [0.717, 1.165) is 6.42 Å². The van der Waals surface area contributed by atoms with E-state index in [1.54, 1.807) is 30.1 Å². The van der Waals surface area contributed by atoms with Crippen LogP contribution in [0.3, 0.4) is 0 Å². The Hall–Kier alpha value is -2.89. The molecule has 0 fully saturated rings. The van der Waals surface area contributed by atoms with Crippen LogP contribution in [0, 0.1) is 5.92 Å². The van der Waals surface area contributed by atoms with Gasteiger partial charge in [-0.25, -0.2) is 4.98 Å². The van der Waals surface area contributed by atoms with E-state index in [-0.39, 0.29) is 23.3 Å². The minimum atomic E-state index is -0.372. The third kappa shape index (κ3) is 3.79. The lowest BCUT2D eigenvalue weighted by molar-refractivity contribution is 0.0637. The van der Waals surface area contributed by atoms with Crippen LogP contribution in [0.25, 0.3) is 10.9 Å². The van der Waals surface area contributed by atoms with Crippen LogP contribution < -0.4 is 5.56 Å². The first kappa shape index (κ1) is 18.9. The fourth-order valence-electron chi connectivity index (χ4n) is 3.16. The molecule has 0 saturated heterocycles. The Labute approximate surface area is 158 Å². The summed E-state index contributed by atoms with van der Waals surface area (Å²) in [5.41, 5.74) is 0.522. The molecule has 0 bridgehead atoms. The Balaban J connectivity index is 2.04. The molecular weight excluding hydrogens is 342 g/mol. The number of nitrogens with zero attached hydrogens (tertiary/aromatic N) is 3. The fourth-order valence-corrected chi connectivity index (χ4v) is 3.16. The number of amides is 1. The summed E-state index contributed by atoms with van der Waals surface area (Å²) < 4.78 is 6.85. The summed E-state index contributed by atoms with van der Waals surface area (Å²) >= 11 is 0. The Morgan fingerprint density at radius 2 is 1.93 bits per heavy atom. The summed E-state index contributed by atoms with van der Waals surface area (Å²) in [7, 11) is 1.70. The topological polar surface area (TPSA) is 68.3 Å². The molecule has 0 saturated carbocycles. The second kappa shape index (κ2) is 7.78. The lowest BCUT2D eigenvalue weighted by atomic mass is 10.1. The number of furan rings is 1. The molecule has 1 unspecified atom stereocenters. The molecule has 0 aliphatic carbocycles. The largest absolute Gasteiger partial charge is 0.459 e. The van der Waals surface area contributed by atoms with E-state index in [4.69, 9.17) is 4.42 Å². The van der Waals surface area contributed by atoms with E-state index in [1.807, 2.05) is 25.1 Å². The number of para-hydroxylation sites is 1. The smallest absolute Gasteiger partial charge is 0.290 e. The average molecular weight is 367 g/mol. The zero-order valence-electron chi connectivity index (χ0n) is 16.2. The van der Waals surface area contributed by atoms with Gasteiger partial charge in [0.25, 0.3) is 11.5 Å². The van der Waals surface area contributed by atoms with Crippen LogP contribution in [0.5, 0.6) is 0 Å². The molecule has 6 nitrogen and oxygen atoms in total. The second-order valence-electron chi connectivity index (χ2n) is 7.19. The lowest BCUT2D eigenvalue weighted by Crippen LogP contribution is -2.38. The van der Waals surface area contributed by atoms with Gasteiger partial charge in [-0.1, -0.05) is 26.0 Å². The summed E-state index contributed by atoms with van der Waals surface area (Å²) in [5, 5.41) is 0.571. The fraction of sp³-hybridized carbons (Fsp3) is 0.381. The molecule has 6 heteroatoms. The quantitative estimate of drug-likeness (QED) is 0.665. The van der Waals surface area contributed by atoms with Crippen molar-refractivity contribution in [1.29, 1.82) is 0 Å². The van der Waals surface area contributed by atoms with E-state index >= 15 is 0 Å². The summed E-state index contributed by atoms with van der Waals surface area (Å²) in [6.07, 6.45) is 2.33. The summed E-state index contributed by atoms with van der Waals surface area (Å²) in [6.45, 7) is 6.69. The molecule has 2 aromatic heterocycles. The van der Waals surface area contributed by atoms with Crippen molar-refractivity contribution in [3.05, 3.63) is 64.6 Å². The van der Waals surface area contributed by atoms with E-state index in [0.29, 0.717) is 29.2 Å². The zero-order valence-corrected chi connectivity index (χ0v) is 16.2. The highest BCUT2D eigenvalue weighted by molar-refractivity contribution is 5.91. The van der Waals surface area contributed by atoms with Crippen molar-refractivity contribution in [2.24, 2.45) is 13.0 Å². The summed E-state index contributed by atoms with van der Waals surface area (Å²) in [5.74, 6) is 1.09. The van der Waals surface area contributed by atoms with E-state index in [2.05, 4.69) is 18.8 Å². The Bertz CT molecular complexity index is 990. The number of fused-ring (bicyclic) bond motifs is 1. The van der Waals surface area contributed by atoms with Crippen molar-refractivity contribution >= 4 is 16.8 Å². The highest BCUT2D eigenvalue weighted by Gasteiger charge is 2.27. The van der Waals surface area contributed by atoms with Crippen molar-refractivity contribution in [2.75, 3.05) is 6.54 Å². The summed E-state index contributed by atoms with van der Waals surface area (Å²) in [4.78, 5) is 32.2. The van der Waals surface area contributed by atoms with Gasteiger partial charge in [0.2, 0.25) is 0 Å². The maximum Gasteiger partial charge on any atom is 0.290 e. The van der Waals surface area contributed by atoms with Gasteiger partial charge in [0, 0.05) is 13.6 Å². The van der Waals surface area contributed by atoms with Crippen LogP contribution in [0.15, 0.2) is 51.9 Å². The third-order valence-electron chi connectivity index (χ3n) is 4.80. The first-order valence-electron chi connectivity index (χ1n) is 9.20. The van der Waals surface area contributed by atoms with Crippen LogP contribution in [0.2, 0.25) is 0 Å². The van der Waals surface area contributed by atoms with Gasteiger partial charge < -0.3 is 9.32 Å². The van der Waals surface area contributed by atoms with Crippen molar-refractivity contribution < 1.29 is 9.21 Å². The molecule has 0 aliphatic heterocycles. The predicted molar refractivity (Wildman–Crippen MR) is 105 cm³/mol. The van der Waals surface area contributed by atoms with Crippen LogP contribution in [0.1, 0.15) is 49.6 Å². The highest BCUT2D eigenvalue weighted by Crippen LogP contribution is 2.23. The molecule has 0 aliphatic rings. The van der Waals surface area contributed by atoms with Gasteiger partial charge in [-0.15, -0.1) is 0 Å². The van der Waals surface area contributed by atoms with E-state index < -0.39 is 0 Å². The summed E-state index contributed by atoms with van der Waals surface area (Å²) in [6, 6.07) is 10.2. The Morgan fingerprint density at radius 1 is 1.19 bits per heavy atom. The molecule has 27 heavy (non-hydrogen) atoms. The van der Waals surface area contributed by atoms with Crippen LogP contribution in [-0.2, 0) is 7.05 Å². The van der Waals surface area contributed by atoms with Gasteiger partial charge in [0.05, 0.1) is 23.2 Å². The number of aromatic nitrogens is 2. The first-order chi connectivity index (χ1) is 12.9. The molecule has 142 valence electrons. The lowest BCUT2D eigenvalue weighted by Gasteiger charge is -2.30. The predicted octanol–water partition coefficient (Wildman–Crippen LogP) is 3.78. The maximum absolute atomic E-state index is 13.0. The molecular formula is C21H25N3O3. The van der Waals surface area contributed by atoms with Gasteiger partial charge in [-0.3, -0.25) is 14.2 Å². The monoisotopic (exact) mass is 367 g/mol. The molecule has 1 aromatic carbocycles. The molecule has 1 atom stereocenters. The molecule has 1 amide bonds. The highest BCUT2D eigenvalue weighted by atomic mass is 16.3. The minimum absolute atomic E-state index is 0.114. The van der Waals surface area contributed by atoms with Gasteiger partial charge in [0.15, 0.2) is 5.76 Å². The first-order valence-corrected chi connectivity index (χ1v) is 9.20. The standard InChI is InChI=1S/C21H25N3O3/c1-14(2)11-12-24(21(26)18-10-7-13-27-18)15(3)19-22-17-9-6-5-8-16(17)20(25)23(19)4/h5-10,13-15H,11-12H2,1-4H3. The molecule has 2 heterocycles. The van der Waals surface area contributed by atoms with E-state index in [9.17, 15) is 9.59 Å². The zero-order chi connectivity index (χ0) is 19.6. The number of carbonyl (C=O) groups excluding carboxylic acids is 1. The average Bonchev–Trinajstić information content (AvgIpc) is 3.19. The number of benzene rings is 1. The van der Waals surface area contributed by atoms with Gasteiger partial charge >= 0.3 is 0 Å². The van der Waals surface area contributed by atoms with Crippen molar-refractivity contribution in [3.63, 3.8) is 0 Å². The van der Waals surface area contributed by atoms with E-state index in [1.165, 1.54) is 10.8 Å². The third-order valence-corrected chi connectivity index (χ3v) is 4.80. The van der Waals surface area contributed by atoms with Crippen molar-refractivity contribution in [1.82, 2.24) is 14.5 Å². The van der Waals surface area contributed by atoms with Gasteiger partial charge in [0.1, 0.15) is 5.82 Å². The number of hydrogen-bond acceptors (Lipinski definition) is 4. The Kier molecular flexibility index (Phi) is 5.44. The number of carbonyl (C=O) groups is 1. The van der Waals surface area contributed by atoms with Gasteiger partial charge in [-0.05, 0) is 43.5 Å². The Morgan fingerprint density at radius 3 is 2.59 bits per heavy atom. The molecule has 0 spiro atoms. The molecule has 3 rings (SSSR count). The minimum Gasteiger partial charge on any atom is -0.459 e. The van der Waals surface area contributed by atoms with Crippen LogP contribution in [-0.4, -0.2) is 26.9 Å². The van der Waals surface area contributed by atoms with Crippen LogP contribution in [0.4, 0.5) is 0 Å². The van der Waals surface area contributed by atoms with Crippen molar-refractivity contribution in [3.8, 4) is 0 Å². The normalized spacial score (nSPS) is 12.5. The maximum atomic E-state index is 13.0. The second-order valence-corrected chi connectivity index (χ2v) is 7.19. The number of rotatable bonds is 6. The van der Waals surface area contributed by atoms with Crippen molar-refractivity contribution in [2.45, 2.75) is 33.2 Å². The molecule has 3 aromatic rings. The van der Waals surface area contributed by atoms with Gasteiger partial charge in [-0.2, -0.15) is 0 Å². The SMILES string of the molecule is CC(C)CCN(C(=O)c1ccco1)C(C)c1nc2ccccc2c(=O)n1C. The number of hydrogen-bond donors (Lipinski definition) is 0. The molecule has 0 N–H and O–H groups in total. The molecule has 0 radical (unpaired) electrons.